The van der Waals surface area contributed by atoms with Crippen LogP contribution < -0.4 is 14.8 Å². The van der Waals surface area contributed by atoms with Gasteiger partial charge in [0.1, 0.15) is 29.7 Å². The third-order valence-electron chi connectivity index (χ3n) is 5.70. The van der Waals surface area contributed by atoms with Crippen LogP contribution in [-0.2, 0) is 6.61 Å². The molecule has 4 aromatic rings. The molecule has 34 heavy (non-hydrogen) atoms. The number of anilines is 2. The molecule has 0 amide bonds. The molecule has 3 heterocycles. The highest BCUT2D eigenvalue weighted by Gasteiger charge is 2.20. The first-order chi connectivity index (χ1) is 16.5. The molecular weight excluding hydrogens is 456 g/mol. The van der Waals surface area contributed by atoms with E-state index in [1.807, 2.05) is 24.3 Å². The van der Waals surface area contributed by atoms with Crippen molar-refractivity contribution in [2.45, 2.75) is 32.5 Å². The van der Waals surface area contributed by atoms with Crippen molar-refractivity contribution in [3.05, 3.63) is 59.5 Å². The number of rotatable bonds is 7. The Labute approximate surface area is 202 Å². The van der Waals surface area contributed by atoms with E-state index in [9.17, 15) is 0 Å². The molecule has 10 heteroatoms. The standard InChI is InChI=1S/C24H25ClN6O3/c1-15-28-22(30-34-15)13-32-20-7-6-16(12-18(20)25)29-24-23-19(26-14-27-24)4-3-5-21(23)33-17-8-10-31(2)11-9-17/h3-7,12,14,17H,8-11,13H2,1-2H3,(H,26,27,29). The van der Waals surface area contributed by atoms with Gasteiger partial charge in [0.25, 0.3) is 0 Å². The summed E-state index contributed by atoms with van der Waals surface area (Å²) in [5.41, 5.74) is 1.58. The molecule has 0 radical (unpaired) electrons. The van der Waals surface area contributed by atoms with Gasteiger partial charge in [-0.2, -0.15) is 4.98 Å². The van der Waals surface area contributed by atoms with Gasteiger partial charge in [0.2, 0.25) is 11.7 Å². The van der Waals surface area contributed by atoms with Crippen LogP contribution in [0.5, 0.6) is 11.5 Å². The minimum Gasteiger partial charge on any atom is -0.489 e. The van der Waals surface area contributed by atoms with Crippen molar-refractivity contribution in [3.8, 4) is 11.5 Å². The first-order valence-corrected chi connectivity index (χ1v) is 11.5. The molecule has 0 saturated carbocycles. The maximum Gasteiger partial charge on any atom is 0.223 e. The lowest BCUT2D eigenvalue weighted by molar-refractivity contribution is 0.116. The molecule has 0 atom stereocenters. The number of aromatic nitrogens is 4. The van der Waals surface area contributed by atoms with Crippen LogP contribution in [0, 0.1) is 6.92 Å². The summed E-state index contributed by atoms with van der Waals surface area (Å²) in [6, 6.07) is 11.3. The quantitative estimate of drug-likeness (QED) is 0.401. The van der Waals surface area contributed by atoms with Gasteiger partial charge in [-0.05, 0) is 50.2 Å². The zero-order valence-corrected chi connectivity index (χ0v) is 19.7. The van der Waals surface area contributed by atoms with Crippen LogP contribution >= 0.6 is 11.6 Å². The number of halogens is 1. The Kier molecular flexibility index (Phi) is 6.46. The highest BCUT2D eigenvalue weighted by Crippen LogP contribution is 2.35. The smallest absolute Gasteiger partial charge is 0.223 e. The summed E-state index contributed by atoms with van der Waals surface area (Å²) in [4.78, 5) is 15.4. The van der Waals surface area contributed by atoms with Crippen molar-refractivity contribution in [1.82, 2.24) is 25.0 Å². The fraction of sp³-hybridized carbons (Fsp3) is 0.333. The van der Waals surface area contributed by atoms with Gasteiger partial charge in [-0.3, -0.25) is 0 Å². The highest BCUT2D eigenvalue weighted by molar-refractivity contribution is 6.32. The number of hydrogen-bond donors (Lipinski definition) is 1. The minimum atomic E-state index is 0.165. The van der Waals surface area contributed by atoms with Crippen LogP contribution in [0.15, 0.2) is 47.2 Å². The molecule has 0 bridgehead atoms. The molecule has 0 unspecified atom stereocenters. The Morgan fingerprint density at radius 1 is 1.15 bits per heavy atom. The Morgan fingerprint density at radius 3 is 2.76 bits per heavy atom. The molecule has 1 fully saturated rings. The van der Waals surface area contributed by atoms with Gasteiger partial charge in [0.15, 0.2) is 6.61 Å². The van der Waals surface area contributed by atoms with Crippen LogP contribution in [0.4, 0.5) is 11.5 Å². The Balaban J connectivity index is 1.35. The molecule has 176 valence electrons. The molecule has 1 aliphatic rings. The van der Waals surface area contributed by atoms with Crippen LogP contribution in [0.1, 0.15) is 24.6 Å². The van der Waals surface area contributed by atoms with Crippen molar-refractivity contribution in [2.24, 2.45) is 0 Å². The van der Waals surface area contributed by atoms with E-state index >= 15 is 0 Å². The predicted octanol–water partition coefficient (Wildman–Crippen LogP) is 4.77. The number of piperidine rings is 1. The molecule has 2 aromatic heterocycles. The zero-order valence-electron chi connectivity index (χ0n) is 19.0. The van der Waals surface area contributed by atoms with E-state index in [2.05, 4.69) is 37.4 Å². The first-order valence-electron chi connectivity index (χ1n) is 11.1. The molecule has 1 aliphatic heterocycles. The summed E-state index contributed by atoms with van der Waals surface area (Å²) >= 11 is 6.47. The van der Waals surface area contributed by atoms with Crippen LogP contribution in [0.3, 0.4) is 0 Å². The van der Waals surface area contributed by atoms with Gasteiger partial charge in [-0.15, -0.1) is 0 Å². The number of hydrogen-bond acceptors (Lipinski definition) is 9. The van der Waals surface area contributed by atoms with Crippen molar-refractivity contribution in [3.63, 3.8) is 0 Å². The van der Waals surface area contributed by atoms with Crippen molar-refractivity contribution < 1.29 is 14.0 Å². The van der Waals surface area contributed by atoms with E-state index in [0.29, 0.717) is 28.3 Å². The number of fused-ring (bicyclic) bond motifs is 1. The molecule has 0 spiro atoms. The average molecular weight is 481 g/mol. The highest BCUT2D eigenvalue weighted by atomic mass is 35.5. The lowest BCUT2D eigenvalue weighted by Gasteiger charge is -2.29. The summed E-state index contributed by atoms with van der Waals surface area (Å²) in [6.07, 6.45) is 3.69. The molecular formula is C24H25ClN6O3. The number of likely N-dealkylation sites (tertiary alicyclic amines) is 1. The zero-order chi connectivity index (χ0) is 23.5. The van der Waals surface area contributed by atoms with E-state index in [1.54, 1.807) is 19.1 Å². The lowest BCUT2D eigenvalue weighted by Crippen LogP contribution is -2.35. The summed E-state index contributed by atoms with van der Waals surface area (Å²) in [7, 11) is 2.14. The number of ether oxygens (including phenoxy) is 2. The van der Waals surface area contributed by atoms with Gasteiger partial charge in [-0.25, -0.2) is 9.97 Å². The van der Waals surface area contributed by atoms with Gasteiger partial charge in [-0.1, -0.05) is 22.8 Å². The van der Waals surface area contributed by atoms with Crippen LogP contribution in [0.25, 0.3) is 10.9 Å². The number of nitrogens with zero attached hydrogens (tertiary/aromatic N) is 5. The second kappa shape index (κ2) is 9.82. The van der Waals surface area contributed by atoms with Gasteiger partial charge >= 0.3 is 0 Å². The third kappa shape index (κ3) is 5.05. The molecule has 5 rings (SSSR count). The second-order valence-electron chi connectivity index (χ2n) is 8.28. The maximum absolute atomic E-state index is 6.47. The van der Waals surface area contributed by atoms with E-state index in [4.69, 9.17) is 25.6 Å². The molecule has 2 aromatic carbocycles. The van der Waals surface area contributed by atoms with Crippen molar-refractivity contribution in [2.75, 3.05) is 25.5 Å². The minimum absolute atomic E-state index is 0.165. The Morgan fingerprint density at radius 2 is 2.00 bits per heavy atom. The van der Waals surface area contributed by atoms with E-state index in [0.717, 1.165) is 48.3 Å². The van der Waals surface area contributed by atoms with Gasteiger partial charge in [0, 0.05) is 25.7 Å². The average Bonchev–Trinajstić information content (AvgIpc) is 3.25. The topological polar surface area (TPSA) is 98.4 Å². The van der Waals surface area contributed by atoms with Crippen molar-refractivity contribution in [1.29, 1.82) is 0 Å². The number of aryl methyl sites for hydroxylation is 1. The third-order valence-corrected chi connectivity index (χ3v) is 6.00. The van der Waals surface area contributed by atoms with Gasteiger partial charge in [0.05, 0.1) is 15.9 Å². The second-order valence-corrected chi connectivity index (χ2v) is 8.69. The lowest BCUT2D eigenvalue weighted by atomic mass is 10.1. The Bertz CT molecular complexity index is 1280. The first kappa shape index (κ1) is 22.4. The summed E-state index contributed by atoms with van der Waals surface area (Å²) in [5, 5.41) is 8.47. The molecule has 0 aliphatic carbocycles. The van der Waals surface area contributed by atoms with E-state index in [-0.39, 0.29) is 12.7 Å². The van der Waals surface area contributed by atoms with Gasteiger partial charge < -0.3 is 24.2 Å². The largest absolute Gasteiger partial charge is 0.489 e. The number of nitrogens with one attached hydrogen (secondary N) is 1. The summed E-state index contributed by atoms with van der Waals surface area (Å²) in [5.74, 6) is 2.89. The maximum atomic E-state index is 6.47. The monoisotopic (exact) mass is 480 g/mol. The SMILES string of the molecule is Cc1nc(COc2ccc(Nc3ncnc4cccc(OC5CCN(C)CC5)c34)cc2Cl)no1. The summed E-state index contributed by atoms with van der Waals surface area (Å²) < 4.78 is 17.1. The normalized spacial score (nSPS) is 14.9. The van der Waals surface area contributed by atoms with E-state index < -0.39 is 0 Å². The molecule has 1 N–H and O–H groups in total. The van der Waals surface area contributed by atoms with Crippen molar-refractivity contribution >= 4 is 34.0 Å². The molecule has 9 nitrogen and oxygen atoms in total. The summed E-state index contributed by atoms with van der Waals surface area (Å²) in [6.45, 7) is 3.94. The van der Waals surface area contributed by atoms with E-state index in [1.165, 1.54) is 6.33 Å². The fourth-order valence-corrected chi connectivity index (χ4v) is 4.16. The predicted molar refractivity (Wildman–Crippen MR) is 129 cm³/mol. The fourth-order valence-electron chi connectivity index (χ4n) is 3.93. The van der Waals surface area contributed by atoms with Crippen LogP contribution in [-0.4, -0.2) is 51.2 Å². The molecule has 1 saturated heterocycles. The Hall–Kier alpha value is -3.43. The number of benzene rings is 2. The van der Waals surface area contributed by atoms with Crippen LogP contribution in [0.2, 0.25) is 5.02 Å².